The van der Waals surface area contributed by atoms with E-state index in [0.717, 1.165) is 42.3 Å². The largest absolute Gasteiger partial charge is 0.454 e. The van der Waals surface area contributed by atoms with E-state index in [1.807, 2.05) is 0 Å². The predicted molar refractivity (Wildman–Crippen MR) is 79.9 cm³/mol. The van der Waals surface area contributed by atoms with Crippen LogP contribution in [-0.2, 0) is 16.7 Å². The van der Waals surface area contributed by atoms with E-state index in [0.29, 0.717) is 6.79 Å². The number of rotatable bonds is 1. The molecule has 0 fully saturated rings. The molecule has 0 amide bonds. The third-order valence-electron chi connectivity index (χ3n) is 4.71. The van der Waals surface area contributed by atoms with Gasteiger partial charge < -0.3 is 19.5 Å². The van der Waals surface area contributed by atoms with Crippen LogP contribution in [0.2, 0.25) is 0 Å². The van der Waals surface area contributed by atoms with Crippen LogP contribution in [-0.4, -0.2) is 26.6 Å². The molecule has 1 aromatic rings. The number of ether oxygens (including phenoxy) is 3. The summed E-state index contributed by atoms with van der Waals surface area (Å²) in [4.78, 5) is 0. The highest BCUT2D eigenvalue weighted by molar-refractivity contribution is 6.31. The molecule has 1 spiro atoms. The summed E-state index contributed by atoms with van der Waals surface area (Å²) in [5.41, 5.74) is 2.12. The molecule has 112 valence electrons. The fourth-order valence-electron chi connectivity index (χ4n) is 3.60. The molecule has 4 nitrogen and oxygen atoms in total. The van der Waals surface area contributed by atoms with Gasteiger partial charge in [-0.25, -0.2) is 0 Å². The van der Waals surface area contributed by atoms with Gasteiger partial charge in [-0.1, -0.05) is 17.7 Å². The molecule has 0 saturated heterocycles. The highest BCUT2D eigenvalue weighted by Gasteiger charge is 2.44. The Hall–Kier alpha value is -1.23. The Kier molecular flexibility index (Phi) is 3.14. The van der Waals surface area contributed by atoms with Gasteiger partial charge in [-0.3, -0.25) is 0 Å². The van der Waals surface area contributed by atoms with Gasteiger partial charge in [0, 0.05) is 25.1 Å². The van der Waals surface area contributed by atoms with Crippen molar-refractivity contribution < 1.29 is 14.2 Å². The molecule has 1 N–H and O–H groups in total. The molecule has 0 bridgehead atoms. The number of methoxy groups -OCH3 is 1. The fraction of sp³-hybridized carbons (Fsp3) is 0.500. The van der Waals surface area contributed by atoms with Gasteiger partial charge in [-0.05, 0) is 36.1 Å². The van der Waals surface area contributed by atoms with Crippen LogP contribution in [0.25, 0.3) is 0 Å². The normalized spacial score (nSPS) is 30.2. The van der Waals surface area contributed by atoms with E-state index in [2.05, 4.69) is 23.5 Å². The van der Waals surface area contributed by atoms with Gasteiger partial charge in [0.2, 0.25) is 6.79 Å². The van der Waals surface area contributed by atoms with Crippen LogP contribution in [0.15, 0.2) is 23.2 Å². The summed E-state index contributed by atoms with van der Waals surface area (Å²) in [6, 6.07) is 4.18. The molecule has 1 aliphatic carbocycles. The number of halogens is 1. The molecule has 0 unspecified atom stereocenters. The monoisotopic (exact) mass is 307 g/mol. The zero-order valence-electron chi connectivity index (χ0n) is 11.9. The van der Waals surface area contributed by atoms with E-state index in [4.69, 9.17) is 25.8 Å². The SMILES string of the molecule is CO[C@@H]1CC=C(Cl)[C@]2(C1)NCCc1cc3c(cc12)OCO3. The van der Waals surface area contributed by atoms with Gasteiger partial charge in [0.05, 0.1) is 11.6 Å². The second-order valence-electron chi connectivity index (χ2n) is 5.79. The number of hydrogen-bond donors (Lipinski definition) is 1. The first-order valence-electron chi connectivity index (χ1n) is 7.30. The number of hydrogen-bond acceptors (Lipinski definition) is 4. The van der Waals surface area contributed by atoms with E-state index < -0.39 is 0 Å². The highest BCUT2D eigenvalue weighted by atomic mass is 35.5. The first-order chi connectivity index (χ1) is 10.2. The average molecular weight is 308 g/mol. The van der Waals surface area contributed by atoms with Crippen molar-refractivity contribution in [1.82, 2.24) is 5.32 Å². The number of nitrogens with one attached hydrogen (secondary N) is 1. The third-order valence-corrected chi connectivity index (χ3v) is 5.19. The molecule has 21 heavy (non-hydrogen) atoms. The maximum atomic E-state index is 6.62. The predicted octanol–water partition coefficient (Wildman–Crippen LogP) is 2.69. The number of benzene rings is 1. The molecule has 2 atom stereocenters. The molecule has 3 aliphatic rings. The topological polar surface area (TPSA) is 39.7 Å². The van der Waals surface area contributed by atoms with Gasteiger partial charge in [0.1, 0.15) is 0 Å². The molecular weight excluding hydrogens is 290 g/mol. The van der Waals surface area contributed by atoms with Crippen molar-refractivity contribution >= 4 is 11.6 Å². The smallest absolute Gasteiger partial charge is 0.231 e. The van der Waals surface area contributed by atoms with Crippen LogP contribution in [0.5, 0.6) is 11.5 Å². The van der Waals surface area contributed by atoms with Gasteiger partial charge in [-0.2, -0.15) is 0 Å². The van der Waals surface area contributed by atoms with Crippen molar-refractivity contribution in [3.63, 3.8) is 0 Å². The first-order valence-corrected chi connectivity index (χ1v) is 7.68. The van der Waals surface area contributed by atoms with Gasteiger partial charge >= 0.3 is 0 Å². The van der Waals surface area contributed by atoms with Crippen LogP contribution in [0.3, 0.4) is 0 Å². The quantitative estimate of drug-likeness (QED) is 0.866. The lowest BCUT2D eigenvalue weighted by Crippen LogP contribution is -2.51. The van der Waals surface area contributed by atoms with Crippen LogP contribution in [0, 0.1) is 0 Å². The summed E-state index contributed by atoms with van der Waals surface area (Å²) in [7, 11) is 1.76. The van der Waals surface area contributed by atoms with E-state index in [1.54, 1.807) is 7.11 Å². The summed E-state index contributed by atoms with van der Waals surface area (Å²) in [6.07, 6.45) is 4.92. The Morgan fingerprint density at radius 2 is 2.14 bits per heavy atom. The van der Waals surface area contributed by atoms with Crippen molar-refractivity contribution in [2.75, 3.05) is 20.4 Å². The van der Waals surface area contributed by atoms with Crippen LogP contribution < -0.4 is 14.8 Å². The molecule has 2 aliphatic heterocycles. The molecule has 1 aromatic carbocycles. The molecule has 0 radical (unpaired) electrons. The molecule has 5 heteroatoms. The maximum absolute atomic E-state index is 6.62. The lowest BCUT2D eigenvalue weighted by molar-refractivity contribution is 0.0672. The van der Waals surface area contributed by atoms with Gasteiger partial charge in [0.25, 0.3) is 0 Å². The average Bonchev–Trinajstić information content (AvgIpc) is 2.96. The van der Waals surface area contributed by atoms with Crippen LogP contribution >= 0.6 is 11.6 Å². The van der Waals surface area contributed by atoms with E-state index in [1.165, 1.54) is 11.1 Å². The van der Waals surface area contributed by atoms with Crippen molar-refractivity contribution in [2.24, 2.45) is 0 Å². The minimum atomic E-state index is -0.352. The second-order valence-corrected chi connectivity index (χ2v) is 6.20. The van der Waals surface area contributed by atoms with Gasteiger partial charge in [0.15, 0.2) is 11.5 Å². The summed E-state index contributed by atoms with van der Waals surface area (Å²) in [5, 5.41) is 4.48. The van der Waals surface area contributed by atoms with Gasteiger partial charge in [-0.15, -0.1) is 0 Å². The standard InChI is InChI=1S/C16H18ClNO3/c1-19-11-2-3-15(17)16(8-11)12-7-14-13(20-9-21-14)6-10(12)4-5-18-16/h3,6-7,11,18H,2,4-5,8-9H2,1H3/t11-,16-/m1/s1. The highest BCUT2D eigenvalue weighted by Crippen LogP contribution is 2.47. The Labute approximate surface area is 129 Å². The Morgan fingerprint density at radius 3 is 2.95 bits per heavy atom. The zero-order valence-corrected chi connectivity index (χ0v) is 12.7. The molecule has 2 heterocycles. The lowest BCUT2D eigenvalue weighted by atomic mass is 9.75. The molecule has 4 rings (SSSR count). The minimum Gasteiger partial charge on any atom is -0.454 e. The Bertz CT molecular complexity index is 616. The summed E-state index contributed by atoms with van der Waals surface area (Å²) in [6.45, 7) is 1.19. The maximum Gasteiger partial charge on any atom is 0.231 e. The van der Waals surface area contributed by atoms with Crippen molar-refractivity contribution in [3.05, 3.63) is 34.4 Å². The van der Waals surface area contributed by atoms with E-state index in [9.17, 15) is 0 Å². The Balaban J connectivity index is 1.86. The summed E-state index contributed by atoms with van der Waals surface area (Å²) >= 11 is 6.62. The molecular formula is C16H18ClNO3. The summed E-state index contributed by atoms with van der Waals surface area (Å²) < 4.78 is 16.6. The van der Waals surface area contributed by atoms with E-state index in [-0.39, 0.29) is 11.6 Å². The number of fused-ring (bicyclic) bond motifs is 3. The second kappa shape index (κ2) is 4.90. The first kappa shape index (κ1) is 13.4. The van der Waals surface area contributed by atoms with Crippen LogP contribution in [0.4, 0.5) is 0 Å². The van der Waals surface area contributed by atoms with Crippen molar-refractivity contribution in [2.45, 2.75) is 30.9 Å². The van der Waals surface area contributed by atoms with Crippen molar-refractivity contribution in [3.8, 4) is 11.5 Å². The van der Waals surface area contributed by atoms with E-state index >= 15 is 0 Å². The molecule has 0 saturated carbocycles. The zero-order chi connectivity index (χ0) is 14.4. The minimum absolute atomic E-state index is 0.177. The molecule has 0 aromatic heterocycles. The van der Waals surface area contributed by atoms with Crippen LogP contribution in [0.1, 0.15) is 24.0 Å². The fourth-order valence-corrected chi connectivity index (χ4v) is 3.94. The lowest BCUT2D eigenvalue weighted by Gasteiger charge is -2.44. The third kappa shape index (κ3) is 1.97. The summed E-state index contributed by atoms with van der Waals surface area (Å²) in [5.74, 6) is 1.64. The Morgan fingerprint density at radius 1 is 1.33 bits per heavy atom. The van der Waals surface area contributed by atoms with Crippen molar-refractivity contribution in [1.29, 1.82) is 0 Å².